The summed E-state index contributed by atoms with van der Waals surface area (Å²) in [6, 6.07) is 22.2. The summed E-state index contributed by atoms with van der Waals surface area (Å²) >= 11 is 0. The SMILES string of the molecule is C#CCOc1ccc(C(c2ccc(OCc3cn(CCN4CCCCC4)nn3)cc2)c2ccccn2)cc1. The summed E-state index contributed by atoms with van der Waals surface area (Å²) < 4.78 is 13.5. The monoisotopic (exact) mass is 507 g/mol. The molecule has 1 saturated heterocycles. The molecule has 2 aromatic heterocycles. The fraction of sp³-hybridized carbons (Fsp3) is 0.323. The van der Waals surface area contributed by atoms with Crippen molar-refractivity contribution in [3.05, 3.63) is 102 Å². The van der Waals surface area contributed by atoms with Gasteiger partial charge in [0.1, 0.15) is 30.4 Å². The maximum atomic E-state index is 6.02. The molecule has 1 unspecified atom stereocenters. The van der Waals surface area contributed by atoms with Gasteiger partial charge in [-0.25, -0.2) is 0 Å². The van der Waals surface area contributed by atoms with Gasteiger partial charge in [-0.1, -0.05) is 47.9 Å². The van der Waals surface area contributed by atoms with Crippen LogP contribution < -0.4 is 9.47 Å². The van der Waals surface area contributed by atoms with Crippen molar-refractivity contribution in [2.24, 2.45) is 0 Å². The first kappa shape index (κ1) is 25.5. The summed E-state index contributed by atoms with van der Waals surface area (Å²) in [6.45, 7) is 4.88. The summed E-state index contributed by atoms with van der Waals surface area (Å²) in [5.74, 6) is 4.01. The number of terminal acetylenes is 1. The van der Waals surface area contributed by atoms with Crippen LogP contribution in [0.15, 0.2) is 79.1 Å². The summed E-state index contributed by atoms with van der Waals surface area (Å²) in [6.07, 6.45) is 13.1. The molecule has 7 nitrogen and oxygen atoms in total. The van der Waals surface area contributed by atoms with Crippen LogP contribution in [-0.2, 0) is 13.2 Å². The van der Waals surface area contributed by atoms with Crippen molar-refractivity contribution in [3.8, 4) is 23.8 Å². The molecule has 1 aliphatic heterocycles. The number of nitrogens with zero attached hydrogens (tertiary/aromatic N) is 5. The number of benzene rings is 2. The van der Waals surface area contributed by atoms with Gasteiger partial charge in [0.2, 0.25) is 0 Å². The fourth-order valence-electron chi connectivity index (χ4n) is 4.82. The van der Waals surface area contributed by atoms with Crippen molar-refractivity contribution in [1.29, 1.82) is 0 Å². The van der Waals surface area contributed by atoms with Crippen LogP contribution in [0.25, 0.3) is 0 Å². The van der Waals surface area contributed by atoms with Gasteiger partial charge in [0.25, 0.3) is 0 Å². The third-order valence-corrected chi connectivity index (χ3v) is 6.80. The van der Waals surface area contributed by atoms with Gasteiger partial charge in [0.05, 0.1) is 24.4 Å². The fourth-order valence-corrected chi connectivity index (χ4v) is 4.82. The molecule has 1 fully saturated rings. The Morgan fingerprint density at radius 1 is 0.842 bits per heavy atom. The minimum atomic E-state index is -0.0215. The molecule has 0 amide bonds. The Morgan fingerprint density at radius 3 is 2.21 bits per heavy atom. The highest BCUT2D eigenvalue weighted by Crippen LogP contribution is 2.32. The number of ether oxygens (including phenoxy) is 2. The molecule has 0 saturated carbocycles. The number of piperidine rings is 1. The highest BCUT2D eigenvalue weighted by molar-refractivity contribution is 5.43. The third kappa shape index (κ3) is 6.78. The van der Waals surface area contributed by atoms with Crippen molar-refractivity contribution in [2.45, 2.75) is 38.3 Å². The smallest absolute Gasteiger partial charge is 0.148 e. The van der Waals surface area contributed by atoms with Crippen LogP contribution in [0.5, 0.6) is 11.5 Å². The molecule has 7 heteroatoms. The highest BCUT2D eigenvalue weighted by atomic mass is 16.5. The van der Waals surface area contributed by atoms with Crippen LogP contribution in [0.3, 0.4) is 0 Å². The molecule has 3 heterocycles. The number of rotatable bonds is 11. The first-order valence-electron chi connectivity index (χ1n) is 13.2. The maximum absolute atomic E-state index is 6.02. The zero-order chi connectivity index (χ0) is 26.0. The molecule has 38 heavy (non-hydrogen) atoms. The van der Waals surface area contributed by atoms with Crippen molar-refractivity contribution >= 4 is 0 Å². The van der Waals surface area contributed by atoms with E-state index in [0.29, 0.717) is 6.61 Å². The quantitative estimate of drug-likeness (QED) is 0.268. The highest BCUT2D eigenvalue weighted by Gasteiger charge is 2.18. The molecule has 1 atom stereocenters. The average molecular weight is 508 g/mol. The van der Waals surface area contributed by atoms with Gasteiger partial charge in [0.15, 0.2) is 0 Å². The Hall–Kier alpha value is -4.15. The van der Waals surface area contributed by atoms with Crippen LogP contribution >= 0.6 is 0 Å². The number of hydrogen-bond acceptors (Lipinski definition) is 6. The lowest BCUT2D eigenvalue weighted by Gasteiger charge is -2.25. The molecular weight excluding hydrogens is 474 g/mol. The van der Waals surface area contributed by atoms with E-state index in [-0.39, 0.29) is 12.5 Å². The molecule has 5 rings (SSSR count). The molecule has 2 aromatic carbocycles. The van der Waals surface area contributed by atoms with Gasteiger partial charge in [-0.15, -0.1) is 11.5 Å². The largest absolute Gasteiger partial charge is 0.487 e. The van der Waals surface area contributed by atoms with E-state index in [1.54, 1.807) is 0 Å². The van der Waals surface area contributed by atoms with Crippen LogP contribution in [0.2, 0.25) is 0 Å². The van der Waals surface area contributed by atoms with E-state index in [9.17, 15) is 0 Å². The van der Waals surface area contributed by atoms with Crippen molar-refractivity contribution < 1.29 is 9.47 Å². The summed E-state index contributed by atoms with van der Waals surface area (Å²) in [7, 11) is 0. The lowest BCUT2D eigenvalue weighted by Crippen LogP contribution is -2.32. The first-order chi connectivity index (χ1) is 18.8. The average Bonchev–Trinajstić information content (AvgIpc) is 3.44. The molecule has 0 bridgehead atoms. The van der Waals surface area contributed by atoms with E-state index in [0.717, 1.165) is 47.1 Å². The lowest BCUT2D eigenvalue weighted by atomic mass is 9.88. The Bertz CT molecular complexity index is 1310. The zero-order valence-corrected chi connectivity index (χ0v) is 21.6. The first-order valence-corrected chi connectivity index (χ1v) is 13.2. The van der Waals surface area contributed by atoms with Crippen molar-refractivity contribution in [3.63, 3.8) is 0 Å². The van der Waals surface area contributed by atoms with E-state index in [2.05, 4.69) is 50.4 Å². The van der Waals surface area contributed by atoms with Crippen LogP contribution in [0.4, 0.5) is 0 Å². The number of pyridine rings is 1. The van der Waals surface area contributed by atoms with Gasteiger partial charge in [-0.3, -0.25) is 9.67 Å². The van der Waals surface area contributed by atoms with E-state index >= 15 is 0 Å². The number of aromatic nitrogens is 4. The van der Waals surface area contributed by atoms with Crippen LogP contribution in [0.1, 0.15) is 47.7 Å². The number of likely N-dealkylation sites (tertiary alicyclic amines) is 1. The molecule has 0 N–H and O–H groups in total. The van der Waals surface area contributed by atoms with Crippen molar-refractivity contribution in [1.82, 2.24) is 24.9 Å². The predicted octanol–water partition coefficient (Wildman–Crippen LogP) is 4.93. The second-order valence-electron chi connectivity index (χ2n) is 9.48. The Kier molecular flexibility index (Phi) is 8.65. The molecule has 0 spiro atoms. The van der Waals surface area contributed by atoms with E-state index < -0.39 is 0 Å². The minimum absolute atomic E-state index is 0.0215. The second-order valence-corrected chi connectivity index (χ2v) is 9.48. The van der Waals surface area contributed by atoms with Gasteiger partial charge < -0.3 is 14.4 Å². The molecule has 0 aliphatic carbocycles. The third-order valence-electron chi connectivity index (χ3n) is 6.80. The van der Waals surface area contributed by atoms with Gasteiger partial charge in [0, 0.05) is 12.7 Å². The second kappa shape index (κ2) is 12.9. The standard InChI is InChI=1S/C31H33N5O2/c1-2-22-37-28-13-9-25(10-14-28)31(30-8-4-5-17-32-30)26-11-15-29(16-12-26)38-24-27-23-36(34-33-27)21-20-35-18-6-3-7-19-35/h1,4-5,8-17,23,31H,3,6-7,18-22,24H2. The lowest BCUT2D eigenvalue weighted by molar-refractivity contribution is 0.217. The number of hydrogen-bond donors (Lipinski definition) is 0. The van der Waals surface area contributed by atoms with Crippen LogP contribution in [-0.4, -0.2) is 51.1 Å². The summed E-state index contributed by atoms with van der Waals surface area (Å²) in [4.78, 5) is 7.14. The Balaban J connectivity index is 1.22. The zero-order valence-electron chi connectivity index (χ0n) is 21.6. The van der Waals surface area contributed by atoms with Crippen LogP contribution in [0, 0.1) is 12.3 Å². The van der Waals surface area contributed by atoms with E-state index in [1.165, 1.54) is 32.4 Å². The van der Waals surface area contributed by atoms with Crippen molar-refractivity contribution in [2.75, 3.05) is 26.2 Å². The maximum Gasteiger partial charge on any atom is 0.148 e. The van der Waals surface area contributed by atoms with Gasteiger partial charge >= 0.3 is 0 Å². The minimum Gasteiger partial charge on any atom is -0.487 e. The molecule has 0 radical (unpaired) electrons. The van der Waals surface area contributed by atoms with E-state index in [4.69, 9.17) is 15.9 Å². The molecule has 4 aromatic rings. The predicted molar refractivity (Wildman–Crippen MR) is 147 cm³/mol. The van der Waals surface area contributed by atoms with Gasteiger partial charge in [-0.05, 0) is 73.5 Å². The topological polar surface area (TPSA) is 65.3 Å². The Morgan fingerprint density at radius 2 is 1.55 bits per heavy atom. The normalized spacial score (nSPS) is 14.5. The Labute approximate surface area is 224 Å². The van der Waals surface area contributed by atoms with Gasteiger partial charge in [-0.2, -0.15) is 0 Å². The molecule has 1 aliphatic rings. The molecular formula is C31H33N5O2. The molecule has 194 valence electrons. The van der Waals surface area contributed by atoms with E-state index in [1.807, 2.05) is 59.5 Å². The summed E-state index contributed by atoms with van der Waals surface area (Å²) in [5.41, 5.74) is 4.04. The summed E-state index contributed by atoms with van der Waals surface area (Å²) in [5, 5.41) is 8.56.